The van der Waals surface area contributed by atoms with Gasteiger partial charge in [0.1, 0.15) is 0 Å². The van der Waals surface area contributed by atoms with Gasteiger partial charge in [0.05, 0.1) is 0 Å². The molecule has 1 atom stereocenters. The van der Waals surface area contributed by atoms with E-state index in [2.05, 4.69) is 55.3 Å². The van der Waals surface area contributed by atoms with Crippen LogP contribution in [0.2, 0.25) is 0 Å². The van der Waals surface area contributed by atoms with E-state index in [-0.39, 0.29) is 0 Å². The van der Waals surface area contributed by atoms with Gasteiger partial charge in [-0.25, -0.2) is 0 Å². The largest absolute Gasteiger partial charge is 0.315 e. The van der Waals surface area contributed by atoms with Gasteiger partial charge in [0.25, 0.3) is 0 Å². The average Bonchev–Trinajstić information content (AvgIpc) is 2.54. The molecule has 1 aromatic rings. The first kappa shape index (κ1) is 13.6. The summed E-state index contributed by atoms with van der Waals surface area (Å²) in [6.07, 6.45) is 1.26. The van der Waals surface area contributed by atoms with Crippen LogP contribution in [0.4, 0.5) is 0 Å². The fraction of sp³-hybridized carbons (Fsp3) is 0.625. The van der Waals surface area contributed by atoms with Crippen LogP contribution in [0.25, 0.3) is 0 Å². The Labute approximate surface area is 111 Å². The van der Waals surface area contributed by atoms with Crippen LogP contribution in [-0.2, 0) is 6.54 Å². The Kier molecular flexibility index (Phi) is 4.79. The molecule has 100 valence electrons. The third kappa shape index (κ3) is 3.56. The van der Waals surface area contributed by atoms with Crippen LogP contribution < -0.4 is 5.32 Å². The van der Waals surface area contributed by atoms with Gasteiger partial charge in [0, 0.05) is 25.7 Å². The third-order valence-electron chi connectivity index (χ3n) is 3.86. The molecule has 1 fully saturated rings. The van der Waals surface area contributed by atoms with Gasteiger partial charge in [-0.1, -0.05) is 43.7 Å². The number of nitrogens with one attached hydrogen (secondary N) is 1. The average molecular weight is 246 g/mol. The fourth-order valence-corrected chi connectivity index (χ4v) is 2.85. The number of rotatable bonds is 3. The lowest BCUT2D eigenvalue weighted by atomic mass is 10.0. The van der Waals surface area contributed by atoms with Gasteiger partial charge in [-0.15, -0.1) is 0 Å². The lowest BCUT2D eigenvalue weighted by Gasteiger charge is -2.32. The molecule has 1 unspecified atom stereocenters. The van der Waals surface area contributed by atoms with Crippen molar-refractivity contribution in [3.63, 3.8) is 0 Å². The molecule has 0 spiro atoms. The Morgan fingerprint density at radius 1 is 1.39 bits per heavy atom. The van der Waals surface area contributed by atoms with E-state index in [4.69, 9.17) is 0 Å². The quantitative estimate of drug-likeness (QED) is 0.882. The van der Waals surface area contributed by atoms with E-state index in [0.717, 1.165) is 19.6 Å². The minimum atomic E-state index is 0.660. The molecule has 1 aliphatic rings. The molecular formula is C16H26N2. The van der Waals surface area contributed by atoms with Crippen LogP contribution in [0.15, 0.2) is 24.3 Å². The maximum Gasteiger partial charge on any atom is 0.0247 e. The molecule has 18 heavy (non-hydrogen) atoms. The van der Waals surface area contributed by atoms with E-state index in [0.29, 0.717) is 12.0 Å². The summed E-state index contributed by atoms with van der Waals surface area (Å²) in [5, 5.41) is 3.56. The van der Waals surface area contributed by atoms with Gasteiger partial charge in [-0.3, -0.25) is 4.90 Å². The van der Waals surface area contributed by atoms with E-state index >= 15 is 0 Å². The molecule has 1 aliphatic heterocycles. The molecule has 0 aliphatic carbocycles. The second kappa shape index (κ2) is 6.35. The minimum Gasteiger partial charge on any atom is -0.315 e. The van der Waals surface area contributed by atoms with E-state index in [9.17, 15) is 0 Å². The highest BCUT2D eigenvalue weighted by atomic mass is 15.2. The van der Waals surface area contributed by atoms with E-state index in [1.54, 1.807) is 0 Å². The van der Waals surface area contributed by atoms with Crippen LogP contribution in [0.1, 0.15) is 31.4 Å². The lowest BCUT2D eigenvalue weighted by molar-refractivity contribution is 0.158. The summed E-state index contributed by atoms with van der Waals surface area (Å²) in [5.74, 6) is 0.709. The number of hydrogen-bond acceptors (Lipinski definition) is 2. The van der Waals surface area contributed by atoms with Crippen LogP contribution in [0.3, 0.4) is 0 Å². The van der Waals surface area contributed by atoms with Crippen LogP contribution in [0.5, 0.6) is 0 Å². The summed E-state index contributed by atoms with van der Waals surface area (Å²) >= 11 is 0. The third-order valence-corrected chi connectivity index (χ3v) is 3.86. The van der Waals surface area contributed by atoms with Crippen LogP contribution >= 0.6 is 0 Å². The molecule has 0 aromatic heterocycles. The van der Waals surface area contributed by atoms with Crippen molar-refractivity contribution in [2.75, 3.05) is 19.6 Å². The van der Waals surface area contributed by atoms with Crippen molar-refractivity contribution in [3.8, 4) is 0 Å². The van der Waals surface area contributed by atoms with Gasteiger partial charge in [0.15, 0.2) is 0 Å². The summed E-state index contributed by atoms with van der Waals surface area (Å²) in [5.41, 5.74) is 2.81. The van der Waals surface area contributed by atoms with Crippen molar-refractivity contribution >= 4 is 0 Å². The zero-order chi connectivity index (χ0) is 13.0. The van der Waals surface area contributed by atoms with E-state index in [1.807, 2.05) is 0 Å². The molecule has 1 saturated heterocycles. The van der Waals surface area contributed by atoms with E-state index in [1.165, 1.54) is 24.1 Å². The van der Waals surface area contributed by atoms with Gasteiger partial charge in [-0.05, 0) is 31.4 Å². The number of nitrogens with zero attached hydrogens (tertiary/aromatic N) is 1. The summed E-state index contributed by atoms with van der Waals surface area (Å²) < 4.78 is 0. The van der Waals surface area contributed by atoms with Crippen molar-refractivity contribution < 1.29 is 0 Å². The highest BCUT2D eigenvalue weighted by Gasteiger charge is 2.23. The first-order valence-corrected chi connectivity index (χ1v) is 7.17. The van der Waals surface area contributed by atoms with Gasteiger partial charge in [0.2, 0.25) is 0 Å². The van der Waals surface area contributed by atoms with Crippen molar-refractivity contribution in [2.24, 2.45) is 5.92 Å². The second-order valence-electron chi connectivity index (χ2n) is 5.83. The number of hydrogen-bond donors (Lipinski definition) is 1. The second-order valence-corrected chi connectivity index (χ2v) is 5.83. The first-order chi connectivity index (χ1) is 8.66. The maximum atomic E-state index is 3.56. The van der Waals surface area contributed by atoms with Gasteiger partial charge in [-0.2, -0.15) is 0 Å². The smallest absolute Gasteiger partial charge is 0.0247 e. The highest BCUT2D eigenvalue weighted by molar-refractivity contribution is 5.22. The topological polar surface area (TPSA) is 15.3 Å². The predicted molar refractivity (Wildman–Crippen MR) is 77.7 cm³/mol. The Bertz CT molecular complexity index is 373. The first-order valence-electron chi connectivity index (χ1n) is 7.17. The summed E-state index contributed by atoms with van der Waals surface area (Å²) in [4.78, 5) is 2.65. The van der Waals surface area contributed by atoms with Gasteiger partial charge >= 0.3 is 0 Å². The Balaban J connectivity index is 2.08. The summed E-state index contributed by atoms with van der Waals surface area (Å²) in [7, 11) is 0. The highest BCUT2D eigenvalue weighted by Crippen LogP contribution is 2.17. The van der Waals surface area contributed by atoms with E-state index < -0.39 is 0 Å². The standard InChI is InChI=1S/C16H26N2/c1-13(2)16-11-17-8-5-9-18(16)12-15-7-4-6-14(3)10-15/h4,6-7,10,13,16-17H,5,8-9,11-12H2,1-3H3. The predicted octanol–water partition coefficient (Wildman–Crippen LogP) is 2.81. The van der Waals surface area contributed by atoms with Crippen LogP contribution in [-0.4, -0.2) is 30.6 Å². The van der Waals surface area contributed by atoms with Crippen molar-refractivity contribution in [1.29, 1.82) is 0 Å². The van der Waals surface area contributed by atoms with Crippen molar-refractivity contribution in [2.45, 2.75) is 39.8 Å². The monoisotopic (exact) mass is 246 g/mol. The molecule has 0 radical (unpaired) electrons. The molecule has 2 nitrogen and oxygen atoms in total. The molecule has 1 aromatic carbocycles. The van der Waals surface area contributed by atoms with Crippen molar-refractivity contribution in [3.05, 3.63) is 35.4 Å². The number of aryl methyl sites for hydroxylation is 1. The maximum absolute atomic E-state index is 3.56. The minimum absolute atomic E-state index is 0.660. The Morgan fingerprint density at radius 3 is 2.94 bits per heavy atom. The Morgan fingerprint density at radius 2 is 2.22 bits per heavy atom. The number of benzene rings is 1. The molecule has 0 saturated carbocycles. The molecule has 0 bridgehead atoms. The molecule has 1 N–H and O–H groups in total. The Hall–Kier alpha value is -0.860. The zero-order valence-corrected chi connectivity index (χ0v) is 11.9. The van der Waals surface area contributed by atoms with Crippen molar-refractivity contribution in [1.82, 2.24) is 10.2 Å². The summed E-state index contributed by atoms with van der Waals surface area (Å²) in [6.45, 7) is 11.4. The fourth-order valence-electron chi connectivity index (χ4n) is 2.85. The molecule has 2 heteroatoms. The molecular weight excluding hydrogens is 220 g/mol. The lowest BCUT2D eigenvalue weighted by Crippen LogP contribution is -2.42. The summed E-state index contributed by atoms with van der Waals surface area (Å²) in [6, 6.07) is 9.57. The normalized spacial score (nSPS) is 22.1. The van der Waals surface area contributed by atoms with Gasteiger partial charge < -0.3 is 5.32 Å². The van der Waals surface area contributed by atoms with Crippen LogP contribution in [0, 0.1) is 12.8 Å². The molecule has 1 heterocycles. The molecule has 0 amide bonds. The SMILES string of the molecule is Cc1cccc(CN2CCCNCC2C(C)C)c1. The zero-order valence-electron chi connectivity index (χ0n) is 11.9. The molecule has 2 rings (SSSR count).